The molecule has 0 amide bonds. The van der Waals surface area contributed by atoms with Gasteiger partial charge < -0.3 is 4.74 Å². The number of hydrogen-bond acceptors (Lipinski definition) is 3. The molecular formula is C15H11N3O. The molecule has 3 rings (SSSR count). The fourth-order valence-corrected chi connectivity index (χ4v) is 2.06. The van der Waals surface area contributed by atoms with Crippen LogP contribution in [0.25, 0.3) is 16.9 Å². The van der Waals surface area contributed by atoms with Crippen LogP contribution in [0, 0.1) is 11.3 Å². The van der Waals surface area contributed by atoms with Gasteiger partial charge in [-0.1, -0.05) is 30.3 Å². The average molecular weight is 249 g/mol. The monoisotopic (exact) mass is 249 g/mol. The Kier molecular flexibility index (Phi) is 2.66. The molecule has 2 heterocycles. The van der Waals surface area contributed by atoms with Crippen LogP contribution < -0.4 is 4.74 Å². The van der Waals surface area contributed by atoms with E-state index < -0.39 is 0 Å². The summed E-state index contributed by atoms with van der Waals surface area (Å²) in [5.74, 6) is 1.47. The number of aromatic nitrogens is 2. The van der Waals surface area contributed by atoms with Crippen LogP contribution in [-0.2, 0) is 0 Å². The number of benzene rings is 1. The molecule has 0 aliphatic heterocycles. The summed E-state index contributed by atoms with van der Waals surface area (Å²) in [5.41, 5.74) is 2.16. The van der Waals surface area contributed by atoms with Crippen molar-refractivity contribution in [3.63, 3.8) is 0 Å². The molecule has 4 nitrogen and oxygen atoms in total. The lowest BCUT2D eigenvalue weighted by atomic mass is 10.2. The molecule has 0 unspecified atom stereocenters. The number of pyridine rings is 1. The van der Waals surface area contributed by atoms with Crippen LogP contribution in [0.4, 0.5) is 0 Å². The highest BCUT2D eigenvalue weighted by atomic mass is 16.5. The lowest BCUT2D eigenvalue weighted by molar-refractivity contribution is 0.412. The van der Waals surface area contributed by atoms with Gasteiger partial charge in [0.15, 0.2) is 5.69 Å². The average Bonchev–Trinajstić information content (AvgIpc) is 2.86. The van der Waals surface area contributed by atoms with Gasteiger partial charge in [0.1, 0.15) is 17.6 Å². The van der Waals surface area contributed by atoms with E-state index in [4.69, 9.17) is 10.00 Å². The number of nitriles is 1. The SMILES string of the molecule is COc1ccc2c(C#N)nc(-c3ccccc3)n2c1. The summed E-state index contributed by atoms with van der Waals surface area (Å²) < 4.78 is 7.11. The third-order valence-corrected chi connectivity index (χ3v) is 2.98. The Morgan fingerprint density at radius 2 is 1.95 bits per heavy atom. The van der Waals surface area contributed by atoms with Crippen LogP contribution in [0.1, 0.15) is 5.69 Å². The number of ether oxygens (including phenoxy) is 1. The van der Waals surface area contributed by atoms with Crippen LogP contribution in [-0.4, -0.2) is 16.5 Å². The minimum absolute atomic E-state index is 0.418. The van der Waals surface area contributed by atoms with Crippen molar-refractivity contribution in [3.05, 3.63) is 54.4 Å². The van der Waals surface area contributed by atoms with Gasteiger partial charge in [-0.15, -0.1) is 0 Å². The summed E-state index contributed by atoms with van der Waals surface area (Å²) in [6.07, 6.45) is 1.84. The van der Waals surface area contributed by atoms with Gasteiger partial charge in [-0.3, -0.25) is 4.40 Å². The predicted molar refractivity (Wildman–Crippen MR) is 71.9 cm³/mol. The third-order valence-electron chi connectivity index (χ3n) is 2.98. The van der Waals surface area contributed by atoms with E-state index >= 15 is 0 Å². The lowest BCUT2D eigenvalue weighted by Gasteiger charge is -2.04. The van der Waals surface area contributed by atoms with E-state index in [2.05, 4.69) is 11.1 Å². The first-order valence-corrected chi connectivity index (χ1v) is 5.85. The van der Waals surface area contributed by atoms with E-state index in [1.54, 1.807) is 7.11 Å². The highest BCUT2D eigenvalue weighted by molar-refractivity contribution is 5.68. The molecule has 0 bridgehead atoms. The summed E-state index contributed by atoms with van der Waals surface area (Å²) in [5, 5.41) is 9.17. The minimum atomic E-state index is 0.418. The highest BCUT2D eigenvalue weighted by Crippen LogP contribution is 2.24. The van der Waals surface area contributed by atoms with Gasteiger partial charge in [-0.25, -0.2) is 4.98 Å². The van der Waals surface area contributed by atoms with E-state index in [1.807, 2.05) is 53.1 Å². The summed E-state index contributed by atoms with van der Waals surface area (Å²) in [4.78, 5) is 4.40. The maximum absolute atomic E-state index is 9.17. The number of fused-ring (bicyclic) bond motifs is 1. The summed E-state index contributed by atoms with van der Waals surface area (Å²) >= 11 is 0. The highest BCUT2D eigenvalue weighted by Gasteiger charge is 2.12. The molecule has 3 aromatic rings. The Bertz CT molecular complexity index is 769. The smallest absolute Gasteiger partial charge is 0.166 e. The van der Waals surface area contributed by atoms with E-state index in [0.29, 0.717) is 5.69 Å². The molecule has 19 heavy (non-hydrogen) atoms. The maximum atomic E-state index is 9.17. The molecule has 0 atom stereocenters. The van der Waals surface area contributed by atoms with Crippen LogP contribution in [0.15, 0.2) is 48.7 Å². The molecular weight excluding hydrogens is 238 g/mol. The molecule has 2 aromatic heterocycles. The van der Waals surface area contributed by atoms with Crippen molar-refractivity contribution in [2.75, 3.05) is 7.11 Å². The van der Waals surface area contributed by atoms with Crippen molar-refractivity contribution in [2.24, 2.45) is 0 Å². The topological polar surface area (TPSA) is 50.3 Å². The molecule has 1 aromatic carbocycles. The predicted octanol–water partition coefficient (Wildman–Crippen LogP) is 2.88. The van der Waals surface area contributed by atoms with E-state index in [0.717, 1.165) is 22.7 Å². The number of hydrogen-bond donors (Lipinski definition) is 0. The first kappa shape index (κ1) is 11.3. The second-order valence-electron chi connectivity index (χ2n) is 4.09. The third kappa shape index (κ3) is 1.81. The largest absolute Gasteiger partial charge is 0.495 e. The number of imidazole rings is 1. The Hall–Kier alpha value is -2.80. The molecule has 0 radical (unpaired) electrons. The molecule has 0 saturated carbocycles. The van der Waals surface area contributed by atoms with Crippen molar-refractivity contribution < 1.29 is 4.74 Å². The fourth-order valence-electron chi connectivity index (χ4n) is 2.06. The summed E-state index contributed by atoms with van der Waals surface area (Å²) in [6, 6.07) is 15.6. The molecule has 0 fully saturated rings. The summed E-state index contributed by atoms with van der Waals surface area (Å²) in [6.45, 7) is 0. The van der Waals surface area contributed by atoms with Gasteiger partial charge in [0.05, 0.1) is 18.8 Å². The van der Waals surface area contributed by atoms with E-state index in [1.165, 1.54) is 0 Å². The van der Waals surface area contributed by atoms with E-state index in [9.17, 15) is 0 Å². The number of rotatable bonds is 2. The Morgan fingerprint density at radius 3 is 2.63 bits per heavy atom. The van der Waals surface area contributed by atoms with Gasteiger partial charge in [0.25, 0.3) is 0 Å². The Labute approximate surface area is 110 Å². The molecule has 0 saturated heterocycles. The lowest BCUT2D eigenvalue weighted by Crippen LogP contribution is -1.91. The van der Waals surface area contributed by atoms with Crippen molar-refractivity contribution in [2.45, 2.75) is 0 Å². The molecule has 4 heteroatoms. The van der Waals surface area contributed by atoms with Crippen LogP contribution in [0.5, 0.6) is 5.75 Å². The van der Waals surface area contributed by atoms with Gasteiger partial charge in [0, 0.05) is 5.56 Å². The second kappa shape index (κ2) is 4.46. The first-order valence-electron chi connectivity index (χ1n) is 5.85. The molecule has 0 N–H and O–H groups in total. The van der Waals surface area contributed by atoms with Crippen LogP contribution in [0.2, 0.25) is 0 Å². The zero-order chi connectivity index (χ0) is 13.2. The van der Waals surface area contributed by atoms with Gasteiger partial charge in [-0.05, 0) is 12.1 Å². The van der Waals surface area contributed by atoms with E-state index in [-0.39, 0.29) is 0 Å². The molecule has 0 aliphatic rings. The van der Waals surface area contributed by atoms with Crippen molar-refractivity contribution in [3.8, 4) is 23.2 Å². The molecule has 92 valence electrons. The quantitative estimate of drug-likeness (QED) is 0.701. The second-order valence-corrected chi connectivity index (χ2v) is 4.09. The van der Waals surface area contributed by atoms with Crippen molar-refractivity contribution in [1.29, 1.82) is 5.26 Å². The molecule has 0 aliphatic carbocycles. The Balaban J connectivity index is 2.33. The standard InChI is InChI=1S/C15H11N3O/c1-19-12-7-8-14-13(9-16)17-15(18(14)10-12)11-5-3-2-4-6-11/h2-8,10H,1H3. The zero-order valence-electron chi connectivity index (χ0n) is 10.4. The first-order chi connectivity index (χ1) is 9.33. The maximum Gasteiger partial charge on any atom is 0.166 e. The zero-order valence-corrected chi connectivity index (χ0v) is 10.4. The van der Waals surface area contributed by atoms with Gasteiger partial charge >= 0.3 is 0 Å². The minimum Gasteiger partial charge on any atom is -0.495 e. The number of methoxy groups -OCH3 is 1. The normalized spacial score (nSPS) is 10.3. The van der Waals surface area contributed by atoms with Gasteiger partial charge in [-0.2, -0.15) is 5.26 Å². The molecule has 0 spiro atoms. The van der Waals surface area contributed by atoms with Gasteiger partial charge in [0.2, 0.25) is 0 Å². The van der Waals surface area contributed by atoms with Crippen molar-refractivity contribution >= 4 is 5.52 Å². The Morgan fingerprint density at radius 1 is 1.16 bits per heavy atom. The van der Waals surface area contributed by atoms with Crippen LogP contribution in [0.3, 0.4) is 0 Å². The summed E-state index contributed by atoms with van der Waals surface area (Å²) in [7, 11) is 1.62. The fraction of sp³-hybridized carbons (Fsp3) is 0.0667. The number of nitrogens with zero attached hydrogens (tertiary/aromatic N) is 3. The van der Waals surface area contributed by atoms with Crippen molar-refractivity contribution in [1.82, 2.24) is 9.38 Å². The van der Waals surface area contributed by atoms with Crippen LogP contribution >= 0.6 is 0 Å².